The van der Waals surface area contributed by atoms with E-state index in [0.29, 0.717) is 12.3 Å². The van der Waals surface area contributed by atoms with Crippen molar-refractivity contribution in [3.05, 3.63) is 28.2 Å². The van der Waals surface area contributed by atoms with Gasteiger partial charge in [0.15, 0.2) is 5.78 Å². The van der Waals surface area contributed by atoms with Crippen LogP contribution in [0.1, 0.15) is 36.0 Å². The predicted octanol–water partition coefficient (Wildman–Crippen LogP) is 3.83. The van der Waals surface area contributed by atoms with Gasteiger partial charge >= 0.3 is 0 Å². The summed E-state index contributed by atoms with van der Waals surface area (Å²) in [6.07, 6.45) is 4.40. The molecule has 0 bridgehead atoms. The zero-order valence-corrected chi connectivity index (χ0v) is 10.9. The van der Waals surface area contributed by atoms with Crippen molar-refractivity contribution in [2.24, 2.45) is 5.92 Å². The molecule has 0 radical (unpaired) electrons. The summed E-state index contributed by atoms with van der Waals surface area (Å²) < 4.78 is 5.98. The van der Waals surface area contributed by atoms with E-state index in [-0.39, 0.29) is 5.78 Å². The maximum absolute atomic E-state index is 11.9. The Morgan fingerprint density at radius 1 is 1.50 bits per heavy atom. The van der Waals surface area contributed by atoms with E-state index < -0.39 is 0 Å². The number of ketones is 1. The number of methoxy groups -OCH3 is 1. The maximum Gasteiger partial charge on any atom is 0.163 e. The molecule has 0 aliphatic heterocycles. The molecule has 0 atom stereocenters. The molecular weight excluding hydrogens is 268 g/mol. The number of carbonyl (C=O) groups is 1. The molecule has 0 N–H and O–H groups in total. The van der Waals surface area contributed by atoms with Crippen LogP contribution in [0, 0.1) is 5.92 Å². The summed E-state index contributed by atoms with van der Waals surface area (Å²) in [5.74, 6) is 1.63. The zero-order valence-electron chi connectivity index (χ0n) is 9.33. The molecule has 0 unspecified atom stereocenters. The molecule has 2 nitrogen and oxygen atoms in total. The van der Waals surface area contributed by atoms with E-state index in [2.05, 4.69) is 15.9 Å². The van der Waals surface area contributed by atoms with Crippen LogP contribution in [0.3, 0.4) is 0 Å². The largest absolute Gasteiger partial charge is 0.496 e. The minimum Gasteiger partial charge on any atom is -0.496 e. The number of hydrogen-bond acceptors (Lipinski definition) is 2. The van der Waals surface area contributed by atoms with Crippen LogP contribution in [0.25, 0.3) is 0 Å². The van der Waals surface area contributed by atoms with Gasteiger partial charge in [0, 0.05) is 12.0 Å². The normalized spacial score (nSPS) is 15.6. The van der Waals surface area contributed by atoms with Crippen LogP contribution in [0.4, 0.5) is 0 Å². The van der Waals surface area contributed by atoms with Gasteiger partial charge in [-0.05, 0) is 40.0 Å². The van der Waals surface area contributed by atoms with Crippen molar-refractivity contribution in [3.8, 4) is 5.75 Å². The lowest BCUT2D eigenvalue weighted by Crippen LogP contribution is -2.15. The molecule has 1 aromatic carbocycles. The van der Waals surface area contributed by atoms with Crippen molar-refractivity contribution in [2.45, 2.75) is 25.7 Å². The number of ether oxygens (including phenoxy) is 1. The molecule has 0 amide bonds. The highest BCUT2D eigenvalue weighted by molar-refractivity contribution is 9.10. The van der Waals surface area contributed by atoms with Gasteiger partial charge in [-0.2, -0.15) is 0 Å². The van der Waals surface area contributed by atoms with Gasteiger partial charge in [-0.3, -0.25) is 4.79 Å². The van der Waals surface area contributed by atoms with Crippen LogP contribution in [-0.4, -0.2) is 12.9 Å². The molecule has 0 heterocycles. The molecule has 0 spiro atoms. The predicted molar refractivity (Wildman–Crippen MR) is 67.0 cm³/mol. The van der Waals surface area contributed by atoms with Crippen LogP contribution in [0.2, 0.25) is 0 Å². The molecule has 1 aromatic rings. The first-order valence-electron chi connectivity index (χ1n) is 5.57. The summed E-state index contributed by atoms with van der Waals surface area (Å²) in [6, 6.07) is 5.52. The van der Waals surface area contributed by atoms with Crippen molar-refractivity contribution >= 4 is 21.7 Å². The minimum absolute atomic E-state index is 0.244. The van der Waals surface area contributed by atoms with Crippen LogP contribution in [-0.2, 0) is 0 Å². The first-order chi connectivity index (χ1) is 7.70. The topological polar surface area (TPSA) is 26.3 Å². The Morgan fingerprint density at radius 3 is 2.75 bits per heavy atom. The smallest absolute Gasteiger partial charge is 0.163 e. The van der Waals surface area contributed by atoms with Crippen molar-refractivity contribution in [1.29, 1.82) is 0 Å². The molecule has 1 saturated carbocycles. The fourth-order valence-electron chi connectivity index (χ4n) is 1.92. The quantitative estimate of drug-likeness (QED) is 0.785. The lowest BCUT2D eigenvalue weighted by atomic mass is 9.81. The Labute approximate surface area is 104 Å². The van der Waals surface area contributed by atoms with Gasteiger partial charge in [-0.1, -0.05) is 19.3 Å². The summed E-state index contributed by atoms with van der Waals surface area (Å²) in [4.78, 5) is 11.9. The molecule has 0 saturated heterocycles. The van der Waals surface area contributed by atoms with E-state index in [9.17, 15) is 4.79 Å². The van der Waals surface area contributed by atoms with Crippen LogP contribution in [0.15, 0.2) is 22.7 Å². The summed E-state index contributed by atoms with van der Waals surface area (Å²) >= 11 is 3.40. The van der Waals surface area contributed by atoms with Crippen LogP contribution in [0.5, 0.6) is 5.75 Å². The molecule has 1 aliphatic carbocycles. The third-order valence-electron chi connectivity index (χ3n) is 3.17. The number of benzene rings is 1. The van der Waals surface area contributed by atoms with E-state index in [1.54, 1.807) is 7.11 Å². The van der Waals surface area contributed by atoms with Gasteiger partial charge in [0.1, 0.15) is 5.75 Å². The molecule has 2 rings (SSSR count). The fraction of sp³-hybridized carbons (Fsp3) is 0.462. The van der Waals surface area contributed by atoms with E-state index >= 15 is 0 Å². The van der Waals surface area contributed by atoms with Gasteiger partial charge in [0.25, 0.3) is 0 Å². The lowest BCUT2D eigenvalue weighted by Gasteiger charge is -2.24. The summed E-state index contributed by atoms with van der Waals surface area (Å²) in [6.45, 7) is 0. The van der Waals surface area contributed by atoms with Crippen LogP contribution >= 0.6 is 15.9 Å². The van der Waals surface area contributed by atoms with E-state index in [4.69, 9.17) is 4.74 Å². The van der Waals surface area contributed by atoms with Gasteiger partial charge in [0.05, 0.1) is 11.6 Å². The summed E-state index contributed by atoms with van der Waals surface area (Å²) in [7, 11) is 1.62. The van der Waals surface area contributed by atoms with Crippen LogP contribution < -0.4 is 4.74 Å². The lowest BCUT2D eigenvalue weighted by molar-refractivity contribution is 0.0936. The average Bonchev–Trinajstić information content (AvgIpc) is 2.23. The second-order valence-corrected chi connectivity index (χ2v) is 5.13. The number of carbonyl (C=O) groups excluding carboxylic acids is 1. The highest BCUT2D eigenvalue weighted by Crippen LogP contribution is 2.32. The second kappa shape index (κ2) is 5.00. The molecule has 1 aliphatic rings. The molecule has 3 heteroatoms. The Hall–Kier alpha value is -0.830. The van der Waals surface area contributed by atoms with Gasteiger partial charge in [0.2, 0.25) is 0 Å². The SMILES string of the molecule is COc1ccc(C(=O)CC2CCC2)cc1Br. The molecular formula is C13H15BrO2. The van der Waals surface area contributed by atoms with Gasteiger partial charge in [-0.25, -0.2) is 0 Å². The number of hydrogen-bond donors (Lipinski definition) is 0. The van der Waals surface area contributed by atoms with Crippen molar-refractivity contribution < 1.29 is 9.53 Å². The van der Waals surface area contributed by atoms with Gasteiger partial charge in [-0.15, -0.1) is 0 Å². The first-order valence-corrected chi connectivity index (χ1v) is 6.36. The fourth-order valence-corrected chi connectivity index (χ4v) is 2.46. The second-order valence-electron chi connectivity index (χ2n) is 4.27. The summed E-state index contributed by atoms with van der Waals surface area (Å²) in [5.41, 5.74) is 0.777. The molecule has 0 aromatic heterocycles. The van der Waals surface area contributed by atoms with Crippen molar-refractivity contribution in [3.63, 3.8) is 0 Å². The van der Waals surface area contributed by atoms with E-state index in [1.807, 2.05) is 18.2 Å². The van der Waals surface area contributed by atoms with Gasteiger partial charge < -0.3 is 4.74 Å². The minimum atomic E-state index is 0.244. The Kier molecular flexibility index (Phi) is 3.64. The first kappa shape index (κ1) is 11.6. The van der Waals surface area contributed by atoms with E-state index in [0.717, 1.165) is 15.8 Å². The van der Waals surface area contributed by atoms with Crippen molar-refractivity contribution in [2.75, 3.05) is 7.11 Å². The Morgan fingerprint density at radius 2 is 2.25 bits per heavy atom. The maximum atomic E-state index is 11.9. The highest BCUT2D eigenvalue weighted by atomic mass is 79.9. The number of Topliss-reactive ketones (excluding diaryl/α,β-unsaturated/α-hetero) is 1. The third-order valence-corrected chi connectivity index (χ3v) is 3.79. The standard InChI is InChI=1S/C13H15BrO2/c1-16-13-6-5-10(8-11(13)14)12(15)7-9-3-2-4-9/h5-6,8-9H,2-4,7H2,1H3. The number of halogens is 1. The van der Waals surface area contributed by atoms with E-state index in [1.165, 1.54) is 19.3 Å². The number of rotatable bonds is 4. The molecule has 16 heavy (non-hydrogen) atoms. The average molecular weight is 283 g/mol. The molecule has 1 fully saturated rings. The zero-order chi connectivity index (χ0) is 11.5. The summed E-state index contributed by atoms with van der Waals surface area (Å²) in [5, 5.41) is 0. The monoisotopic (exact) mass is 282 g/mol. The Balaban J connectivity index is 2.07. The third kappa shape index (κ3) is 2.46. The Bertz CT molecular complexity index is 397. The highest BCUT2D eigenvalue weighted by Gasteiger charge is 2.21. The molecule has 86 valence electrons. The van der Waals surface area contributed by atoms with Crippen molar-refractivity contribution in [1.82, 2.24) is 0 Å².